The summed E-state index contributed by atoms with van der Waals surface area (Å²) < 4.78 is 61.5. The quantitative estimate of drug-likeness (QED) is 0.264. The molecule has 1 atom stereocenters. The second-order valence-corrected chi connectivity index (χ2v) is 13.1. The van der Waals surface area contributed by atoms with E-state index in [1.54, 1.807) is 60.7 Å². The lowest BCUT2D eigenvalue weighted by atomic mass is 10.0. The molecule has 1 N–H and O–H groups in total. The highest BCUT2D eigenvalue weighted by atomic mass is 35.5. The van der Waals surface area contributed by atoms with Crippen LogP contribution < -0.4 is 4.74 Å². The van der Waals surface area contributed by atoms with Crippen molar-refractivity contribution in [3.05, 3.63) is 120 Å². The van der Waals surface area contributed by atoms with Gasteiger partial charge in [-0.1, -0.05) is 54.1 Å². The van der Waals surface area contributed by atoms with Crippen molar-refractivity contribution in [2.24, 2.45) is 0 Å². The number of hydrogen-bond acceptors (Lipinski definition) is 7. The van der Waals surface area contributed by atoms with E-state index in [1.165, 1.54) is 49.6 Å². The van der Waals surface area contributed by atoms with Gasteiger partial charge < -0.3 is 9.84 Å². The van der Waals surface area contributed by atoms with E-state index in [1.807, 2.05) is 0 Å². The fourth-order valence-electron chi connectivity index (χ4n) is 4.76. The largest absolute Gasteiger partial charge is 0.497 e. The Bertz CT molecular complexity index is 2140. The molecule has 0 aliphatic carbocycles. The number of nitrogens with zero attached hydrogens (tertiary/aromatic N) is 3. The Morgan fingerprint density at radius 1 is 0.780 bits per heavy atom. The monoisotopic (exact) mass is 607 g/mol. The molecule has 0 bridgehead atoms. The summed E-state index contributed by atoms with van der Waals surface area (Å²) in [6.07, 6.45) is -1.43. The number of ether oxygens (including phenoxy) is 1. The standard InChI is InChI=1S/C29H22ClN3O6S2/c1-39-21-13-15-25-20(16-21)18-27(32(25)40(35,36)22-8-4-2-5-9-22)28(34)19-12-14-26-24(17-19)29(30)31-33(26)41(37,38)23-10-6-3-7-11-23/h2-18,28,34H,1H3. The van der Waals surface area contributed by atoms with Crippen LogP contribution in [0.15, 0.2) is 113 Å². The van der Waals surface area contributed by atoms with Gasteiger partial charge in [0.15, 0.2) is 5.15 Å². The Balaban J connectivity index is 1.52. The third kappa shape index (κ3) is 4.47. The Labute approximate surface area is 240 Å². The minimum atomic E-state index is -4.13. The zero-order valence-electron chi connectivity index (χ0n) is 21.4. The molecule has 0 aliphatic heterocycles. The highest BCUT2D eigenvalue weighted by Gasteiger charge is 2.29. The van der Waals surface area contributed by atoms with Crippen LogP contribution in [0.1, 0.15) is 17.4 Å². The predicted octanol–water partition coefficient (Wildman–Crippen LogP) is 5.21. The molecule has 0 fully saturated rings. The Morgan fingerprint density at radius 3 is 2.02 bits per heavy atom. The number of benzene rings is 4. The van der Waals surface area contributed by atoms with E-state index < -0.39 is 26.2 Å². The van der Waals surface area contributed by atoms with E-state index in [9.17, 15) is 21.9 Å². The molecule has 2 heterocycles. The van der Waals surface area contributed by atoms with Gasteiger partial charge in [0.1, 0.15) is 11.9 Å². The molecule has 9 nitrogen and oxygen atoms in total. The van der Waals surface area contributed by atoms with Gasteiger partial charge in [0.2, 0.25) is 0 Å². The fraction of sp³-hybridized carbons (Fsp3) is 0.0690. The van der Waals surface area contributed by atoms with E-state index in [0.717, 1.165) is 8.06 Å². The summed E-state index contributed by atoms with van der Waals surface area (Å²) in [5.74, 6) is 0.521. The maximum Gasteiger partial charge on any atom is 0.283 e. The molecule has 4 aromatic carbocycles. The molecular formula is C29H22ClN3O6S2. The molecule has 2 aromatic heterocycles. The minimum Gasteiger partial charge on any atom is -0.497 e. The average Bonchev–Trinajstić information content (AvgIpc) is 3.55. The first-order valence-electron chi connectivity index (χ1n) is 12.3. The molecule has 0 saturated heterocycles. The molecule has 0 aliphatic rings. The lowest BCUT2D eigenvalue weighted by Gasteiger charge is -2.17. The zero-order chi connectivity index (χ0) is 28.9. The second kappa shape index (κ2) is 10.0. The minimum absolute atomic E-state index is 0.0382. The second-order valence-electron chi connectivity index (χ2n) is 9.21. The van der Waals surface area contributed by atoms with Crippen LogP contribution in [0.2, 0.25) is 5.15 Å². The lowest BCUT2D eigenvalue weighted by molar-refractivity contribution is 0.215. The van der Waals surface area contributed by atoms with E-state index in [-0.39, 0.29) is 37.1 Å². The third-order valence-corrected chi connectivity index (χ3v) is 10.4. The van der Waals surface area contributed by atoms with E-state index in [0.29, 0.717) is 16.7 Å². The van der Waals surface area contributed by atoms with Crippen molar-refractivity contribution in [3.8, 4) is 5.75 Å². The third-order valence-electron chi connectivity index (χ3n) is 6.77. The van der Waals surface area contributed by atoms with Crippen molar-refractivity contribution in [2.75, 3.05) is 7.11 Å². The van der Waals surface area contributed by atoms with Gasteiger partial charge in [0.25, 0.3) is 20.0 Å². The maximum atomic E-state index is 13.9. The normalized spacial score (nSPS) is 13.0. The van der Waals surface area contributed by atoms with Crippen molar-refractivity contribution < 1.29 is 26.7 Å². The summed E-state index contributed by atoms with van der Waals surface area (Å²) in [4.78, 5) is 0.0869. The molecule has 12 heteroatoms. The summed E-state index contributed by atoms with van der Waals surface area (Å²) in [5.41, 5.74) is 0.925. The van der Waals surface area contributed by atoms with Crippen molar-refractivity contribution in [3.63, 3.8) is 0 Å². The van der Waals surface area contributed by atoms with Crippen molar-refractivity contribution in [1.29, 1.82) is 0 Å². The van der Waals surface area contributed by atoms with Crippen LogP contribution in [-0.4, -0.2) is 42.2 Å². The van der Waals surface area contributed by atoms with Gasteiger partial charge >= 0.3 is 0 Å². The van der Waals surface area contributed by atoms with Gasteiger partial charge in [-0.15, -0.1) is 5.10 Å². The molecule has 0 saturated carbocycles. The van der Waals surface area contributed by atoms with Crippen LogP contribution in [0.5, 0.6) is 5.75 Å². The number of aliphatic hydroxyl groups excluding tert-OH is 1. The summed E-state index contributed by atoms with van der Waals surface area (Å²) in [7, 11) is -6.67. The Hall–Kier alpha value is -4.16. The molecule has 6 rings (SSSR count). The molecule has 41 heavy (non-hydrogen) atoms. The first-order chi connectivity index (χ1) is 19.6. The predicted molar refractivity (Wildman–Crippen MR) is 155 cm³/mol. The lowest BCUT2D eigenvalue weighted by Crippen LogP contribution is -2.18. The Morgan fingerprint density at radius 2 is 1.39 bits per heavy atom. The number of halogens is 1. The first-order valence-corrected chi connectivity index (χ1v) is 15.6. The van der Waals surface area contributed by atoms with Crippen LogP contribution in [0.25, 0.3) is 21.8 Å². The zero-order valence-corrected chi connectivity index (χ0v) is 23.8. The summed E-state index contributed by atoms with van der Waals surface area (Å²) in [5, 5.41) is 16.4. The average molecular weight is 608 g/mol. The summed E-state index contributed by atoms with van der Waals surface area (Å²) in [6.45, 7) is 0. The van der Waals surface area contributed by atoms with E-state index >= 15 is 0 Å². The van der Waals surface area contributed by atoms with Gasteiger partial charge in [0, 0.05) is 10.8 Å². The van der Waals surface area contributed by atoms with Crippen LogP contribution in [0, 0.1) is 0 Å². The molecule has 6 aromatic rings. The number of hydrogen-bond donors (Lipinski definition) is 1. The summed E-state index contributed by atoms with van der Waals surface area (Å²) in [6, 6.07) is 26.8. The van der Waals surface area contributed by atoms with Crippen LogP contribution in [-0.2, 0) is 20.0 Å². The van der Waals surface area contributed by atoms with Crippen LogP contribution in [0.4, 0.5) is 0 Å². The van der Waals surface area contributed by atoms with Gasteiger partial charge in [-0.3, -0.25) is 0 Å². The smallest absolute Gasteiger partial charge is 0.283 e. The molecule has 208 valence electrons. The fourth-order valence-corrected chi connectivity index (χ4v) is 7.91. The van der Waals surface area contributed by atoms with Gasteiger partial charge in [0.05, 0.1) is 33.6 Å². The van der Waals surface area contributed by atoms with Crippen LogP contribution in [0.3, 0.4) is 0 Å². The topological polar surface area (TPSA) is 120 Å². The van der Waals surface area contributed by atoms with E-state index in [4.69, 9.17) is 16.3 Å². The molecule has 1 unspecified atom stereocenters. The van der Waals surface area contributed by atoms with Crippen LogP contribution >= 0.6 is 11.6 Å². The van der Waals surface area contributed by atoms with Crippen molar-refractivity contribution in [2.45, 2.75) is 15.9 Å². The number of aliphatic hydroxyl groups is 1. The Kier molecular flexibility index (Phi) is 6.62. The van der Waals surface area contributed by atoms with Gasteiger partial charge in [-0.2, -0.15) is 12.5 Å². The maximum absolute atomic E-state index is 13.9. The molecule has 0 spiro atoms. The number of methoxy groups -OCH3 is 1. The highest BCUT2D eigenvalue weighted by molar-refractivity contribution is 7.90. The van der Waals surface area contributed by atoms with Crippen molar-refractivity contribution in [1.82, 2.24) is 13.2 Å². The molecular weight excluding hydrogens is 586 g/mol. The highest BCUT2D eigenvalue weighted by Crippen LogP contribution is 2.36. The van der Waals surface area contributed by atoms with Gasteiger partial charge in [-0.25, -0.2) is 12.4 Å². The van der Waals surface area contributed by atoms with Crippen molar-refractivity contribution >= 4 is 53.5 Å². The molecule has 0 amide bonds. The molecule has 0 radical (unpaired) electrons. The van der Waals surface area contributed by atoms with Gasteiger partial charge in [-0.05, 0) is 66.2 Å². The number of rotatable bonds is 7. The first kappa shape index (κ1) is 27.0. The number of fused-ring (bicyclic) bond motifs is 2. The number of aromatic nitrogens is 3. The summed E-state index contributed by atoms with van der Waals surface area (Å²) >= 11 is 6.38. The SMILES string of the molecule is COc1ccc2c(c1)cc(C(O)c1ccc3c(c1)c(Cl)nn3S(=O)(=O)c1ccccc1)n2S(=O)(=O)c1ccccc1. The van der Waals surface area contributed by atoms with E-state index in [2.05, 4.69) is 5.10 Å².